The Kier molecular flexibility index (Phi) is 7.02. The van der Waals surface area contributed by atoms with Crippen molar-refractivity contribution in [2.75, 3.05) is 19.5 Å². The van der Waals surface area contributed by atoms with Gasteiger partial charge in [0.2, 0.25) is 5.91 Å². The monoisotopic (exact) mass is 416 g/mol. The summed E-state index contributed by atoms with van der Waals surface area (Å²) >= 11 is 12.0. The number of halogens is 2. The topological polar surface area (TPSA) is 75.7 Å². The Labute approximate surface area is 162 Å². The zero-order valence-electron chi connectivity index (χ0n) is 14.2. The van der Waals surface area contributed by atoms with Crippen LogP contribution in [0.5, 0.6) is 0 Å². The molecule has 2 aromatic rings. The van der Waals surface area contributed by atoms with Crippen molar-refractivity contribution >= 4 is 44.8 Å². The van der Waals surface area contributed by atoms with Gasteiger partial charge in [-0.2, -0.15) is 0 Å². The lowest BCUT2D eigenvalue weighted by molar-refractivity contribution is -0.116. The summed E-state index contributed by atoms with van der Waals surface area (Å²) in [5.41, 5.74) is 1.28. The molecule has 0 fully saturated rings. The van der Waals surface area contributed by atoms with Gasteiger partial charge in [0.15, 0.2) is 0 Å². The van der Waals surface area contributed by atoms with E-state index < -0.39 is 10.0 Å². The molecule has 0 heterocycles. The lowest BCUT2D eigenvalue weighted by atomic mass is 10.1. The van der Waals surface area contributed by atoms with Gasteiger partial charge in [-0.25, -0.2) is 8.42 Å². The number of hydroxylamine groups is 1. The summed E-state index contributed by atoms with van der Waals surface area (Å²) in [5, 5.41) is 3.60. The van der Waals surface area contributed by atoms with Gasteiger partial charge in [0.1, 0.15) is 0 Å². The quantitative estimate of drug-likeness (QED) is 0.697. The van der Waals surface area contributed by atoms with Gasteiger partial charge in [-0.3, -0.25) is 9.63 Å². The highest BCUT2D eigenvalue weighted by atomic mass is 35.5. The Bertz CT molecular complexity index is 886. The molecule has 0 saturated carbocycles. The molecule has 0 aliphatic heterocycles. The number of rotatable bonds is 7. The second kappa shape index (κ2) is 8.83. The highest BCUT2D eigenvalue weighted by Crippen LogP contribution is 2.26. The van der Waals surface area contributed by atoms with E-state index in [0.29, 0.717) is 22.2 Å². The van der Waals surface area contributed by atoms with Gasteiger partial charge in [0.25, 0.3) is 10.0 Å². The Morgan fingerprint density at radius 3 is 2.42 bits per heavy atom. The Morgan fingerprint density at radius 1 is 1.15 bits per heavy atom. The summed E-state index contributed by atoms with van der Waals surface area (Å²) in [6, 6.07) is 11.1. The van der Waals surface area contributed by atoms with Gasteiger partial charge >= 0.3 is 0 Å². The maximum Gasteiger partial charge on any atom is 0.264 e. The molecule has 0 bridgehead atoms. The third kappa shape index (κ3) is 4.96. The second-order valence-corrected chi connectivity index (χ2v) is 8.10. The number of amides is 1. The number of anilines is 1. The fourth-order valence-corrected chi connectivity index (χ4v) is 3.56. The van der Waals surface area contributed by atoms with Crippen LogP contribution in [0.15, 0.2) is 47.4 Å². The van der Waals surface area contributed by atoms with Crippen molar-refractivity contribution in [3.05, 3.63) is 58.1 Å². The van der Waals surface area contributed by atoms with Crippen molar-refractivity contribution in [2.45, 2.75) is 17.7 Å². The van der Waals surface area contributed by atoms with Gasteiger partial charge in [0, 0.05) is 19.2 Å². The van der Waals surface area contributed by atoms with Gasteiger partial charge < -0.3 is 5.32 Å². The molecule has 9 heteroatoms. The minimum atomic E-state index is -3.72. The number of carbonyl (C=O) groups is 1. The maximum absolute atomic E-state index is 12.1. The van der Waals surface area contributed by atoms with Crippen molar-refractivity contribution in [1.82, 2.24) is 4.47 Å². The number of hydrogen-bond donors (Lipinski definition) is 1. The number of nitrogens with zero attached hydrogens (tertiary/aromatic N) is 1. The molecule has 0 aliphatic carbocycles. The van der Waals surface area contributed by atoms with E-state index in [4.69, 9.17) is 28.0 Å². The normalized spacial score (nSPS) is 11.6. The fraction of sp³-hybridized carbons (Fsp3) is 0.235. The van der Waals surface area contributed by atoms with Crippen molar-refractivity contribution in [2.24, 2.45) is 0 Å². The molecule has 26 heavy (non-hydrogen) atoms. The SMILES string of the molecule is CON(C)S(=O)(=O)c1ccc(NC(=O)CCc2cccc(Cl)c2Cl)cc1. The molecular weight excluding hydrogens is 399 g/mol. The summed E-state index contributed by atoms with van der Waals surface area (Å²) in [7, 11) is -1.16. The molecule has 0 aliphatic rings. The van der Waals surface area contributed by atoms with E-state index in [0.717, 1.165) is 10.0 Å². The minimum Gasteiger partial charge on any atom is -0.326 e. The third-order valence-corrected chi connectivity index (χ3v) is 6.24. The predicted molar refractivity (Wildman–Crippen MR) is 102 cm³/mol. The molecule has 1 N–H and O–H groups in total. The molecule has 0 spiro atoms. The minimum absolute atomic E-state index is 0.0607. The van der Waals surface area contributed by atoms with Crippen LogP contribution in [0.3, 0.4) is 0 Å². The zero-order valence-corrected chi connectivity index (χ0v) is 16.5. The number of carbonyl (C=O) groups excluding carboxylic acids is 1. The van der Waals surface area contributed by atoms with Crippen LogP contribution in [-0.2, 0) is 26.1 Å². The Hall–Kier alpha value is -1.64. The number of sulfonamides is 1. The van der Waals surface area contributed by atoms with Crippen LogP contribution in [0.1, 0.15) is 12.0 Å². The van der Waals surface area contributed by atoms with E-state index in [1.807, 2.05) is 6.07 Å². The first-order valence-corrected chi connectivity index (χ1v) is 9.81. The standard InChI is InChI=1S/C17H18Cl2N2O4S/c1-21(25-2)26(23,24)14-9-7-13(8-10-14)20-16(22)11-6-12-4-3-5-15(18)17(12)19/h3-5,7-10H,6,11H2,1-2H3,(H,20,22). The molecule has 0 saturated heterocycles. The molecule has 0 atom stereocenters. The van der Waals surface area contributed by atoms with Crippen molar-refractivity contribution in [3.63, 3.8) is 0 Å². The van der Waals surface area contributed by atoms with E-state index >= 15 is 0 Å². The van der Waals surface area contributed by atoms with Crippen LogP contribution in [0.25, 0.3) is 0 Å². The first kappa shape index (κ1) is 20.7. The van der Waals surface area contributed by atoms with E-state index in [-0.39, 0.29) is 17.2 Å². The van der Waals surface area contributed by atoms with Crippen molar-refractivity contribution in [3.8, 4) is 0 Å². The molecule has 2 aromatic carbocycles. The first-order valence-electron chi connectivity index (χ1n) is 7.61. The van der Waals surface area contributed by atoms with Gasteiger partial charge in [0.05, 0.1) is 22.1 Å². The molecule has 0 unspecified atom stereocenters. The van der Waals surface area contributed by atoms with E-state index in [1.54, 1.807) is 12.1 Å². The zero-order chi connectivity index (χ0) is 19.3. The van der Waals surface area contributed by atoms with E-state index in [1.165, 1.54) is 38.4 Å². The second-order valence-electron chi connectivity index (χ2n) is 5.38. The summed E-state index contributed by atoms with van der Waals surface area (Å²) in [5.74, 6) is -0.217. The summed E-state index contributed by atoms with van der Waals surface area (Å²) in [6.45, 7) is 0. The molecule has 0 aromatic heterocycles. The lowest BCUT2D eigenvalue weighted by Gasteiger charge is -2.14. The number of hydrogen-bond acceptors (Lipinski definition) is 4. The average Bonchev–Trinajstić information content (AvgIpc) is 2.62. The summed E-state index contributed by atoms with van der Waals surface area (Å²) in [6.07, 6.45) is 0.656. The number of aryl methyl sites for hydroxylation is 1. The van der Waals surface area contributed by atoms with Crippen molar-refractivity contribution < 1.29 is 18.0 Å². The highest BCUT2D eigenvalue weighted by molar-refractivity contribution is 7.89. The molecule has 140 valence electrons. The van der Waals surface area contributed by atoms with Crippen LogP contribution >= 0.6 is 23.2 Å². The largest absolute Gasteiger partial charge is 0.326 e. The smallest absolute Gasteiger partial charge is 0.264 e. The van der Waals surface area contributed by atoms with Gasteiger partial charge in [-0.05, 0) is 42.3 Å². The number of benzene rings is 2. The maximum atomic E-state index is 12.1. The van der Waals surface area contributed by atoms with E-state index in [2.05, 4.69) is 5.32 Å². The van der Waals surface area contributed by atoms with Gasteiger partial charge in [-0.1, -0.05) is 39.8 Å². The van der Waals surface area contributed by atoms with Crippen molar-refractivity contribution in [1.29, 1.82) is 0 Å². The number of nitrogens with one attached hydrogen (secondary N) is 1. The fourth-order valence-electron chi connectivity index (χ4n) is 2.17. The van der Waals surface area contributed by atoms with Crippen LogP contribution < -0.4 is 5.32 Å². The average molecular weight is 417 g/mol. The van der Waals surface area contributed by atoms with Crippen LogP contribution in [0.2, 0.25) is 10.0 Å². The van der Waals surface area contributed by atoms with Crippen LogP contribution in [0.4, 0.5) is 5.69 Å². The first-order chi connectivity index (χ1) is 12.3. The lowest BCUT2D eigenvalue weighted by Crippen LogP contribution is -2.25. The molecule has 2 rings (SSSR count). The van der Waals surface area contributed by atoms with Gasteiger partial charge in [-0.15, -0.1) is 0 Å². The summed E-state index contributed by atoms with van der Waals surface area (Å²) < 4.78 is 25.0. The van der Waals surface area contributed by atoms with Crippen LogP contribution in [0, 0.1) is 0 Å². The highest BCUT2D eigenvalue weighted by Gasteiger charge is 2.20. The Morgan fingerprint density at radius 2 is 1.81 bits per heavy atom. The predicted octanol–water partition coefficient (Wildman–Crippen LogP) is 3.75. The molecule has 6 nitrogen and oxygen atoms in total. The summed E-state index contributed by atoms with van der Waals surface area (Å²) in [4.78, 5) is 16.9. The molecule has 1 amide bonds. The molecular formula is C17H18Cl2N2O4S. The van der Waals surface area contributed by atoms with E-state index in [9.17, 15) is 13.2 Å². The third-order valence-electron chi connectivity index (χ3n) is 3.68. The van der Waals surface area contributed by atoms with Crippen LogP contribution in [-0.4, -0.2) is 33.0 Å². The molecule has 0 radical (unpaired) electrons. The Balaban J connectivity index is 1.98.